The van der Waals surface area contributed by atoms with Gasteiger partial charge in [0.05, 0.1) is 39.6 Å². The topological polar surface area (TPSA) is 131 Å². The van der Waals surface area contributed by atoms with Crippen LogP contribution in [0.4, 0.5) is 14.5 Å². The van der Waals surface area contributed by atoms with Gasteiger partial charge in [-0.3, -0.25) is 14.4 Å². The lowest BCUT2D eigenvalue weighted by atomic mass is 9.93. The lowest BCUT2D eigenvalue weighted by Gasteiger charge is -2.35. The quantitative estimate of drug-likeness (QED) is 0.522. The molecule has 2 aliphatic carbocycles. The van der Waals surface area contributed by atoms with Crippen molar-refractivity contribution in [2.45, 2.75) is 60.6 Å². The highest BCUT2D eigenvalue weighted by molar-refractivity contribution is 7.92. The van der Waals surface area contributed by atoms with Gasteiger partial charge in [0.1, 0.15) is 5.54 Å². The van der Waals surface area contributed by atoms with Crippen molar-refractivity contribution in [2.75, 3.05) is 44.2 Å². The molecule has 2 saturated heterocycles. The van der Waals surface area contributed by atoms with Crippen molar-refractivity contribution in [3.05, 3.63) is 23.2 Å². The van der Waals surface area contributed by atoms with E-state index in [1.807, 2.05) is 11.0 Å². The van der Waals surface area contributed by atoms with Crippen molar-refractivity contribution >= 4 is 44.8 Å². The Labute approximate surface area is 242 Å². The van der Waals surface area contributed by atoms with E-state index < -0.39 is 63.2 Å². The largest absolute Gasteiger partial charge is 0.368 e. The van der Waals surface area contributed by atoms with Crippen molar-refractivity contribution in [1.82, 2.24) is 15.1 Å². The molecular formula is C27H32ClF2N5O5S. The van der Waals surface area contributed by atoms with E-state index >= 15 is 0 Å². The van der Waals surface area contributed by atoms with E-state index in [-0.39, 0.29) is 35.2 Å². The molecule has 14 heteroatoms. The van der Waals surface area contributed by atoms with Gasteiger partial charge >= 0.3 is 0 Å². The van der Waals surface area contributed by atoms with Gasteiger partial charge < -0.3 is 20.0 Å². The first-order chi connectivity index (χ1) is 19.2. The van der Waals surface area contributed by atoms with Gasteiger partial charge in [-0.25, -0.2) is 17.2 Å². The average molecular weight is 612 g/mol. The number of nitriles is 1. The van der Waals surface area contributed by atoms with Gasteiger partial charge in [-0.05, 0) is 43.9 Å². The molecule has 4 aliphatic rings. The van der Waals surface area contributed by atoms with E-state index in [1.165, 1.54) is 13.0 Å². The van der Waals surface area contributed by atoms with Crippen molar-refractivity contribution in [3.63, 3.8) is 0 Å². The molecule has 2 aliphatic heterocycles. The number of alkyl halides is 2. The Kier molecular flexibility index (Phi) is 7.70. The molecule has 41 heavy (non-hydrogen) atoms. The lowest BCUT2D eigenvalue weighted by Crippen LogP contribution is -2.48. The Morgan fingerprint density at radius 3 is 2.22 bits per heavy atom. The molecule has 0 bridgehead atoms. The first-order valence-corrected chi connectivity index (χ1v) is 15.6. The van der Waals surface area contributed by atoms with Crippen molar-refractivity contribution in [3.8, 4) is 6.07 Å². The molecule has 0 radical (unpaired) electrons. The molecular weight excluding hydrogens is 580 g/mol. The molecule has 222 valence electrons. The highest BCUT2D eigenvalue weighted by atomic mass is 35.5. The number of hydrogen-bond donors (Lipinski definition) is 1. The summed E-state index contributed by atoms with van der Waals surface area (Å²) in [5.74, 6) is -6.54. The number of hydrogen-bond acceptors (Lipinski definition) is 7. The zero-order valence-corrected chi connectivity index (χ0v) is 24.2. The zero-order chi connectivity index (χ0) is 29.7. The van der Waals surface area contributed by atoms with Crippen LogP contribution < -0.4 is 10.2 Å². The minimum absolute atomic E-state index is 0.00660. The number of nitrogens with one attached hydrogen (secondary N) is 1. The number of carbonyl (C=O) groups excluding carboxylic acids is 3. The summed E-state index contributed by atoms with van der Waals surface area (Å²) >= 11 is 6.49. The van der Waals surface area contributed by atoms with E-state index in [9.17, 15) is 36.8 Å². The number of benzene rings is 1. The molecule has 4 fully saturated rings. The fourth-order valence-corrected chi connectivity index (χ4v) is 8.43. The van der Waals surface area contributed by atoms with E-state index in [2.05, 4.69) is 5.32 Å². The van der Waals surface area contributed by atoms with Gasteiger partial charge in [-0.1, -0.05) is 11.6 Å². The Bertz CT molecular complexity index is 1400. The minimum Gasteiger partial charge on any atom is -0.368 e. The highest BCUT2D eigenvalue weighted by Crippen LogP contribution is 2.44. The highest BCUT2D eigenvalue weighted by Gasteiger charge is 2.53. The number of amides is 3. The summed E-state index contributed by atoms with van der Waals surface area (Å²) in [4.78, 5) is 42.8. The monoisotopic (exact) mass is 611 g/mol. The maximum atomic E-state index is 13.9. The maximum absolute atomic E-state index is 13.9. The number of carbonyl (C=O) groups is 3. The van der Waals surface area contributed by atoms with Crippen LogP contribution in [0.2, 0.25) is 5.02 Å². The smallest absolute Gasteiger partial charge is 0.267 e. The van der Waals surface area contributed by atoms with Crippen LogP contribution in [-0.4, -0.2) is 91.9 Å². The summed E-state index contributed by atoms with van der Waals surface area (Å²) in [5, 5.41) is 10.9. The standard InChI is InChI=1S/C27H32ClF2N5O5S/c1-17(36)33-8-10-34(11-9-33)18-2-3-23(22(28)12-18)41(39,40)19-13-20(24(37)32-26(15-31)4-5-26)21(14-19)25(38)35-7-6-27(29,30)16-35/h2-3,12,19-21H,4-11,13-14,16H2,1H3,(H,32,37)/t19-,20-,21?/m1/s1. The minimum atomic E-state index is -4.12. The molecule has 0 spiro atoms. The van der Waals surface area contributed by atoms with Crippen molar-refractivity contribution in [2.24, 2.45) is 11.8 Å². The lowest BCUT2D eigenvalue weighted by molar-refractivity contribution is -0.141. The fraction of sp³-hybridized carbons (Fsp3) is 0.630. The van der Waals surface area contributed by atoms with Gasteiger partial charge in [0, 0.05) is 51.8 Å². The summed E-state index contributed by atoms with van der Waals surface area (Å²) in [6.45, 7) is 2.74. The van der Waals surface area contributed by atoms with Gasteiger partial charge in [-0.15, -0.1) is 0 Å². The summed E-state index contributed by atoms with van der Waals surface area (Å²) in [7, 11) is -4.12. The first-order valence-electron chi connectivity index (χ1n) is 13.7. The second-order valence-electron chi connectivity index (χ2n) is 11.5. The van der Waals surface area contributed by atoms with E-state index in [0.717, 1.165) is 4.90 Å². The van der Waals surface area contributed by atoms with E-state index in [1.54, 1.807) is 17.0 Å². The Morgan fingerprint density at radius 2 is 1.68 bits per heavy atom. The molecule has 10 nitrogen and oxygen atoms in total. The summed E-state index contributed by atoms with van der Waals surface area (Å²) in [6, 6.07) is 6.64. The third-order valence-corrected chi connectivity index (χ3v) is 11.4. The third kappa shape index (κ3) is 5.86. The number of rotatable bonds is 6. The molecule has 2 heterocycles. The van der Waals surface area contributed by atoms with Crippen LogP contribution in [0.1, 0.15) is 39.0 Å². The molecule has 1 unspecified atom stereocenters. The predicted molar refractivity (Wildman–Crippen MR) is 145 cm³/mol. The summed E-state index contributed by atoms with van der Waals surface area (Å²) < 4.78 is 55.4. The maximum Gasteiger partial charge on any atom is 0.267 e. The molecule has 2 saturated carbocycles. The van der Waals surface area contributed by atoms with E-state index in [4.69, 9.17) is 11.6 Å². The number of sulfone groups is 1. The van der Waals surface area contributed by atoms with Crippen LogP contribution in [0.15, 0.2) is 23.1 Å². The summed E-state index contributed by atoms with van der Waals surface area (Å²) in [6.07, 6.45) is -0.000468. The Morgan fingerprint density at radius 1 is 1.02 bits per heavy atom. The first kappa shape index (κ1) is 29.5. The molecule has 0 aromatic heterocycles. The number of halogens is 3. The van der Waals surface area contributed by atoms with E-state index in [0.29, 0.717) is 44.7 Å². The Hall–Kier alpha value is -2.98. The number of anilines is 1. The van der Waals surface area contributed by atoms with Gasteiger partial charge in [0.25, 0.3) is 5.92 Å². The number of nitrogens with zero attached hydrogens (tertiary/aromatic N) is 4. The molecule has 3 atom stereocenters. The second kappa shape index (κ2) is 10.7. The normalized spacial score (nSPS) is 26.9. The summed E-state index contributed by atoms with van der Waals surface area (Å²) in [5.41, 5.74) is -0.327. The second-order valence-corrected chi connectivity index (χ2v) is 14.1. The van der Waals surface area contributed by atoms with Crippen molar-refractivity contribution in [1.29, 1.82) is 5.26 Å². The molecule has 3 amide bonds. The van der Waals surface area contributed by atoms with Crippen LogP contribution in [-0.2, 0) is 24.2 Å². The molecule has 1 aromatic rings. The number of piperazine rings is 1. The number of likely N-dealkylation sites (tertiary alicyclic amines) is 1. The van der Waals surface area contributed by atoms with Gasteiger partial charge in [0.2, 0.25) is 17.7 Å². The van der Waals surface area contributed by atoms with Gasteiger partial charge in [-0.2, -0.15) is 5.26 Å². The SMILES string of the molecule is CC(=O)N1CCN(c2ccc(S(=O)(=O)[C@H]3CC(C(=O)N4CCC(F)(F)C4)[C@H](C(=O)NC4(C#N)CC4)C3)c(Cl)c2)CC1. The Balaban J connectivity index is 1.36. The van der Waals surface area contributed by atoms with Crippen LogP contribution in [0.5, 0.6) is 0 Å². The van der Waals surface area contributed by atoms with Crippen LogP contribution >= 0.6 is 11.6 Å². The fourth-order valence-electron chi connectivity index (χ4n) is 6.06. The molecule has 5 rings (SSSR count). The third-order valence-electron chi connectivity index (χ3n) is 8.73. The molecule has 1 aromatic carbocycles. The van der Waals surface area contributed by atoms with Crippen LogP contribution in [0, 0.1) is 23.2 Å². The zero-order valence-electron chi connectivity index (χ0n) is 22.6. The van der Waals surface area contributed by atoms with Crippen LogP contribution in [0.25, 0.3) is 0 Å². The molecule has 1 N–H and O–H groups in total. The van der Waals surface area contributed by atoms with Crippen LogP contribution in [0.3, 0.4) is 0 Å². The average Bonchev–Trinajstić information content (AvgIpc) is 3.37. The predicted octanol–water partition coefficient (Wildman–Crippen LogP) is 2.22. The van der Waals surface area contributed by atoms with Gasteiger partial charge in [0.15, 0.2) is 9.84 Å². The van der Waals surface area contributed by atoms with Crippen molar-refractivity contribution < 1.29 is 31.6 Å².